The Hall–Kier alpha value is -3.19. The Labute approximate surface area is 182 Å². The number of halogens is 2. The molecule has 0 unspecified atom stereocenters. The van der Waals surface area contributed by atoms with Crippen molar-refractivity contribution in [3.8, 4) is 5.75 Å². The summed E-state index contributed by atoms with van der Waals surface area (Å²) in [4.78, 5) is 36.6. The highest BCUT2D eigenvalue weighted by atomic mass is 35.5. The molecule has 4 rings (SSSR count). The summed E-state index contributed by atoms with van der Waals surface area (Å²) in [6.45, 7) is 1.27. The van der Waals surface area contributed by atoms with E-state index in [1.807, 2.05) is 0 Å². The molecule has 31 heavy (non-hydrogen) atoms. The number of nitrogens with one attached hydrogen (secondary N) is 1. The van der Waals surface area contributed by atoms with Gasteiger partial charge < -0.3 is 14.5 Å². The maximum atomic E-state index is 13.5. The zero-order chi connectivity index (χ0) is 22.1. The third kappa shape index (κ3) is 4.46. The van der Waals surface area contributed by atoms with Gasteiger partial charge in [-0.25, -0.2) is 14.0 Å². The van der Waals surface area contributed by atoms with Gasteiger partial charge in [-0.05, 0) is 48.6 Å². The van der Waals surface area contributed by atoms with E-state index in [9.17, 15) is 18.8 Å². The van der Waals surface area contributed by atoms with Crippen molar-refractivity contribution in [2.24, 2.45) is 0 Å². The molecule has 1 atom stereocenters. The number of hydrogen-bond acceptors (Lipinski definition) is 5. The van der Waals surface area contributed by atoms with Gasteiger partial charge in [-0.15, -0.1) is 0 Å². The molecule has 1 aliphatic carbocycles. The van der Waals surface area contributed by atoms with Gasteiger partial charge in [-0.2, -0.15) is 0 Å². The third-order valence-corrected chi connectivity index (χ3v) is 5.52. The van der Waals surface area contributed by atoms with Crippen LogP contribution in [-0.4, -0.2) is 17.9 Å². The van der Waals surface area contributed by atoms with Crippen LogP contribution in [0.5, 0.6) is 5.75 Å². The summed E-state index contributed by atoms with van der Waals surface area (Å²) in [5.74, 6) is -1.66. The highest BCUT2D eigenvalue weighted by Crippen LogP contribution is 2.34. The van der Waals surface area contributed by atoms with E-state index in [4.69, 9.17) is 20.8 Å². The Bertz CT molecular complexity index is 1250. The standard InChI is InChI=1S/C23H19ClFNO5/c1-12(27)26-19(9-13-4-2-5-14(25)8-13)23(29)31-21-11-20-17(10-18(21)24)15-6-3-7-16(15)22(28)30-20/h2,4-5,8,10-11,19H,3,6-7,9H2,1H3,(H,26,27)/t19-/m0/s1. The van der Waals surface area contributed by atoms with Crippen LogP contribution >= 0.6 is 11.6 Å². The summed E-state index contributed by atoms with van der Waals surface area (Å²) >= 11 is 6.35. The molecule has 1 N–H and O–H groups in total. The summed E-state index contributed by atoms with van der Waals surface area (Å²) in [5.41, 5.74) is 1.96. The molecule has 2 aromatic carbocycles. The zero-order valence-corrected chi connectivity index (χ0v) is 17.4. The largest absolute Gasteiger partial charge is 0.423 e. The average molecular weight is 444 g/mol. The van der Waals surface area contributed by atoms with E-state index in [0.717, 1.165) is 23.8 Å². The SMILES string of the molecule is CC(=O)N[C@@H](Cc1cccc(F)c1)C(=O)Oc1cc2oc(=O)c3c(c2cc1Cl)CCC3. The number of esters is 1. The Morgan fingerprint density at radius 3 is 2.74 bits per heavy atom. The van der Waals surface area contributed by atoms with Gasteiger partial charge in [-0.1, -0.05) is 23.7 Å². The number of carbonyl (C=O) groups is 2. The first kappa shape index (κ1) is 21.1. The summed E-state index contributed by atoms with van der Waals surface area (Å²) in [5, 5.41) is 3.41. The Morgan fingerprint density at radius 1 is 1.23 bits per heavy atom. The molecule has 0 saturated carbocycles. The first-order chi connectivity index (χ1) is 14.8. The summed E-state index contributed by atoms with van der Waals surface area (Å²) < 4.78 is 24.3. The summed E-state index contributed by atoms with van der Waals surface area (Å²) in [6.07, 6.45) is 2.32. The van der Waals surface area contributed by atoms with Crippen molar-refractivity contribution < 1.29 is 23.1 Å². The van der Waals surface area contributed by atoms with E-state index in [1.165, 1.54) is 31.2 Å². The number of carbonyl (C=O) groups excluding carboxylic acids is 2. The smallest absolute Gasteiger partial charge is 0.339 e. The molecule has 0 radical (unpaired) electrons. The lowest BCUT2D eigenvalue weighted by molar-refractivity contribution is -0.139. The number of amides is 1. The highest BCUT2D eigenvalue weighted by molar-refractivity contribution is 6.33. The number of fused-ring (bicyclic) bond motifs is 3. The molecule has 1 heterocycles. The van der Waals surface area contributed by atoms with Crippen LogP contribution in [0.25, 0.3) is 11.0 Å². The van der Waals surface area contributed by atoms with Gasteiger partial charge in [0, 0.05) is 30.4 Å². The van der Waals surface area contributed by atoms with Crippen molar-refractivity contribution in [1.29, 1.82) is 0 Å². The minimum atomic E-state index is -1.06. The second-order valence-electron chi connectivity index (χ2n) is 7.49. The van der Waals surface area contributed by atoms with E-state index >= 15 is 0 Å². The maximum absolute atomic E-state index is 13.5. The molecule has 160 valence electrons. The van der Waals surface area contributed by atoms with Gasteiger partial charge in [0.1, 0.15) is 17.4 Å². The molecule has 1 aliphatic rings. The summed E-state index contributed by atoms with van der Waals surface area (Å²) in [6, 6.07) is 7.69. The monoisotopic (exact) mass is 443 g/mol. The molecule has 6 nitrogen and oxygen atoms in total. The first-order valence-corrected chi connectivity index (χ1v) is 10.2. The van der Waals surface area contributed by atoms with Crippen LogP contribution in [0.3, 0.4) is 0 Å². The van der Waals surface area contributed by atoms with Crippen LogP contribution in [0.15, 0.2) is 45.6 Å². The van der Waals surface area contributed by atoms with E-state index in [0.29, 0.717) is 17.5 Å². The number of ether oxygens (including phenoxy) is 1. The minimum Gasteiger partial charge on any atom is -0.423 e. The lowest BCUT2D eigenvalue weighted by Crippen LogP contribution is -2.43. The van der Waals surface area contributed by atoms with Crippen LogP contribution in [-0.2, 0) is 28.9 Å². The van der Waals surface area contributed by atoms with Crippen molar-refractivity contribution in [1.82, 2.24) is 5.32 Å². The predicted octanol–water partition coefficient (Wildman–Crippen LogP) is 3.73. The van der Waals surface area contributed by atoms with Gasteiger partial charge in [0.15, 0.2) is 5.75 Å². The molecule has 0 aliphatic heterocycles. The van der Waals surface area contributed by atoms with Crippen LogP contribution in [0.1, 0.15) is 30.0 Å². The van der Waals surface area contributed by atoms with Gasteiger partial charge in [0.25, 0.3) is 0 Å². The summed E-state index contributed by atoms with van der Waals surface area (Å²) in [7, 11) is 0. The molecular formula is C23H19ClFNO5. The quantitative estimate of drug-likeness (QED) is 0.369. The predicted molar refractivity (Wildman–Crippen MR) is 113 cm³/mol. The zero-order valence-electron chi connectivity index (χ0n) is 16.7. The molecule has 3 aromatic rings. The molecule has 1 amide bonds. The topological polar surface area (TPSA) is 85.6 Å². The molecule has 0 spiro atoms. The van der Waals surface area contributed by atoms with E-state index in [1.54, 1.807) is 12.1 Å². The van der Waals surface area contributed by atoms with Crippen LogP contribution in [0.4, 0.5) is 4.39 Å². The Morgan fingerprint density at radius 2 is 2.00 bits per heavy atom. The van der Waals surface area contributed by atoms with Crippen molar-refractivity contribution in [3.63, 3.8) is 0 Å². The van der Waals surface area contributed by atoms with Crippen molar-refractivity contribution >= 4 is 34.4 Å². The normalized spacial score (nSPS) is 13.6. The van der Waals surface area contributed by atoms with Gasteiger partial charge in [0.2, 0.25) is 5.91 Å². The van der Waals surface area contributed by atoms with Crippen LogP contribution in [0.2, 0.25) is 5.02 Å². The van der Waals surface area contributed by atoms with E-state index < -0.39 is 29.4 Å². The van der Waals surface area contributed by atoms with Gasteiger partial charge in [-0.3, -0.25) is 4.79 Å². The van der Waals surface area contributed by atoms with Crippen LogP contribution in [0, 0.1) is 5.82 Å². The molecule has 0 saturated heterocycles. The minimum absolute atomic E-state index is 0.00913. The fourth-order valence-electron chi connectivity index (χ4n) is 3.88. The van der Waals surface area contributed by atoms with E-state index in [-0.39, 0.29) is 22.8 Å². The number of benzene rings is 2. The lowest BCUT2D eigenvalue weighted by Gasteiger charge is -2.17. The van der Waals surface area contributed by atoms with Crippen molar-refractivity contribution in [2.45, 2.75) is 38.6 Å². The first-order valence-electron chi connectivity index (χ1n) is 9.83. The Kier molecular flexibility index (Phi) is 5.78. The number of rotatable bonds is 5. The van der Waals surface area contributed by atoms with E-state index in [2.05, 4.69) is 5.32 Å². The fraction of sp³-hybridized carbons (Fsp3) is 0.261. The molecule has 0 fully saturated rings. The number of aryl methyl sites for hydroxylation is 1. The second-order valence-corrected chi connectivity index (χ2v) is 7.89. The van der Waals surface area contributed by atoms with Crippen molar-refractivity contribution in [3.05, 3.63) is 74.3 Å². The van der Waals surface area contributed by atoms with Gasteiger partial charge >= 0.3 is 11.6 Å². The lowest BCUT2D eigenvalue weighted by atomic mass is 10.1. The molecular weight excluding hydrogens is 425 g/mol. The third-order valence-electron chi connectivity index (χ3n) is 5.23. The molecule has 8 heteroatoms. The number of hydrogen-bond donors (Lipinski definition) is 1. The van der Waals surface area contributed by atoms with Crippen molar-refractivity contribution in [2.75, 3.05) is 0 Å². The average Bonchev–Trinajstić information content (AvgIpc) is 3.19. The highest BCUT2D eigenvalue weighted by Gasteiger charge is 2.25. The Balaban J connectivity index is 1.63. The van der Waals surface area contributed by atoms with Gasteiger partial charge in [0.05, 0.1) is 5.02 Å². The second kappa shape index (κ2) is 8.51. The van der Waals surface area contributed by atoms with Crippen LogP contribution < -0.4 is 15.7 Å². The fourth-order valence-corrected chi connectivity index (χ4v) is 4.08. The maximum Gasteiger partial charge on any atom is 0.339 e. The molecule has 1 aromatic heterocycles. The molecule has 0 bridgehead atoms.